The number of rotatable bonds is 4. The number of aromatic nitrogens is 3. The lowest BCUT2D eigenvalue weighted by atomic mass is 9.95. The summed E-state index contributed by atoms with van der Waals surface area (Å²) < 4.78 is 62.4. The summed E-state index contributed by atoms with van der Waals surface area (Å²) in [5, 5.41) is 1.31. The predicted octanol–water partition coefficient (Wildman–Crippen LogP) is 3.51. The summed E-state index contributed by atoms with van der Waals surface area (Å²) >= 11 is 5.85. The first kappa shape index (κ1) is 21.8. The van der Waals surface area contributed by atoms with Crippen LogP contribution in [0.5, 0.6) is 6.01 Å². The third kappa shape index (κ3) is 3.94. The molecule has 0 unspecified atom stereocenters. The van der Waals surface area contributed by atoms with Crippen molar-refractivity contribution in [2.45, 2.75) is 49.7 Å². The summed E-state index contributed by atoms with van der Waals surface area (Å²) in [6.45, 7) is 0.982. The summed E-state index contributed by atoms with van der Waals surface area (Å²) in [5.41, 5.74) is 2.13. The van der Waals surface area contributed by atoms with Crippen LogP contribution < -0.4 is 15.2 Å². The van der Waals surface area contributed by atoms with Gasteiger partial charge in [-0.15, -0.1) is 0 Å². The lowest BCUT2D eigenvalue weighted by molar-refractivity contribution is -0.00177. The number of hydrogen-bond donors (Lipinski definition) is 1. The van der Waals surface area contributed by atoms with Gasteiger partial charge >= 0.3 is 6.01 Å². The molecule has 32 heavy (non-hydrogen) atoms. The van der Waals surface area contributed by atoms with Crippen molar-refractivity contribution in [2.24, 2.45) is 0 Å². The van der Waals surface area contributed by atoms with Crippen LogP contribution in [0.25, 0.3) is 10.9 Å². The maximum atomic E-state index is 14.8. The molecule has 12 heteroatoms. The minimum absolute atomic E-state index is 0.113. The number of fused-ring (bicyclic) bond motifs is 2. The second kappa shape index (κ2) is 8.11. The van der Waals surface area contributed by atoms with Crippen LogP contribution in [0.15, 0.2) is 6.20 Å². The van der Waals surface area contributed by atoms with Gasteiger partial charge in [-0.2, -0.15) is 9.97 Å². The number of alkyl halides is 3. The average Bonchev–Trinajstić information content (AvgIpc) is 3.20. The van der Waals surface area contributed by atoms with Crippen molar-refractivity contribution in [2.75, 3.05) is 37.8 Å². The number of nitrogens with one attached hydrogen (secondary N) is 1. The Labute approximate surface area is 187 Å². The van der Waals surface area contributed by atoms with Crippen molar-refractivity contribution >= 4 is 28.3 Å². The molecular weight excluding hydrogens is 452 g/mol. The van der Waals surface area contributed by atoms with E-state index in [1.807, 2.05) is 0 Å². The smallest absolute Gasteiger partial charge is 0.319 e. The molecule has 2 aromatic rings. The molecule has 174 valence electrons. The fourth-order valence-corrected chi connectivity index (χ4v) is 5.11. The van der Waals surface area contributed by atoms with Gasteiger partial charge in [-0.25, -0.2) is 28.0 Å². The van der Waals surface area contributed by atoms with Gasteiger partial charge in [0.05, 0.1) is 17.5 Å². The maximum absolute atomic E-state index is 14.8. The number of hydrazine groups is 1. The van der Waals surface area contributed by atoms with Crippen LogP contribution in [0, 0.1) is 5.82 Å². The highest BCUT2D eigenvalue weighted by Crippen LogP contribution is 2.40. The minimum Gasteiger partial charge on any atom is -0.461 e. The number of ether oxygens (including phenoxy) is 1. The van der Waals surface area contributed by atoms with E-state index in [1.165, 1.54) is 11.2 Å². The van der Waals surface area contributed by atoms with Crippen LogP contribution in [0.1, 0.15) is 32.1 Å². The van der Waals surface area contributed by atoms with Gasteiger partial charge in [0.1, 0.15) is 18.3 Å². The Bertz CT molecular complexity index is 1030. The third-order valence-corrected chi connectivity index (χ3v) is 6.80. The van der Waals surface area contributed by atoms with Gasteiger partial charge in [0.15, 0.2) is 16.8 Å². The second-order valence-electron chi connectivity index (χ2n) is 8.77. The zero-order chi connectivity index (χ0) is 22.5. The van der Waals surface area contributed by atoms with Crippen molar-refractivity contribution in [1.29, 1.82) is 0 Å². The van der Waals surface area contributed by atoms with Gasteiger partial charge in [0.25, 0.3) is 5.92 Å². The first-order chi connectivity index (χ1) is 15.3. The van der Waals surface area contributed by atoms with E-state index in [9.17, 15) is 17.6 Å². The zero-order valence-corrected chi connectivity index (χ0v) is 18.0. The van der Waals surface area contributed by atoms with Crippen LogP contribution in [-0.4, -0.2) is 70.3 Å². The van der Waals surface area contributed by atoms with Gasteiger partial charge in [0, 0.05) is 32.1 Å². The van der Waals surface area contributed by atoms with Gasteiger partial charge in [-0.1, -0.05) is 11.6 Å². The Morgan fingerprint density at radius 3 is 2.88 bits per heavy atom. The lowest BCUT2D eigenvalue weighted by Crippen LogP contribution is -2.44. The summed E-state index contributed by atoms with van der Waals surface area (Å²) in [4.78, 5) is 14.5. The molecule has 0 amide bonds. The molecule has 5 rings (SSSR count). The van der Waals surface area contributed by atoms with Crippen LogP contribution >= 0.6 is 11.6 Å². The molecule has 0 radical (unpaired) electrons. The van der Waals surface area contributed by atoms with E-state index in [1.54, 1.807) is 0 Å². The zero-order valence-electron chi connectivity index (χ0n) is 17.3. The monoisotopic (exact) mass is 474 g/mol. The number of nitrogens with zero attached hydrogens (tertiary/aromatic N) is 5. The summed E-state index contributed by atoms with van der Waals surface area (Å²) in [6, 6.07) is -0.116. The molecule has 3 fully saturated rings. The third-order valence-electron chi connectivity index (χ3n) is 6.54. The average molecular weight is 475 g/mol. The topological polar surface area (TPSA) is 66.4 Å². The quantitative estimate of drug-likeness (QED) is 0.537. The fourth-order valence-electron chi connectivity index (χ4n) is 4.97. The molecule has 3 aliphatic heterocycles. The van der Waals surface area contributed by atoms with E-state index in [-0.39, 0.29) is 53.9 Å². The van der Waals surface area contributed by atoms with E-state index in [0.29, 0.717) is 13.0 Å². The van der Waals surface area contributed by atoms with Crippen molar-refractivity contribution in [3.05, 3.63) is 17.2 Å². The molecule has 0 aromatic carbocycles. The molecule has 1 N–H and O–H groups in total. The van der Waals surface area contributed by atoms with Crippen molar-refractivity contribution in [3.63, 3.8) is 0 Å². The molecule has 2 aromatic heterocycles. The first-order valence-corrected chi connectivity index (χ1v) is 11.1. The molecule has 3 saturated heterocycles. The number of hydrogen-bond acceptors (Lipinski definition) is 7. The molecular formula is C20H23ClF4N6O. The molecule has 5 heterocycles. The number of anilines is 1. The highest BCUT2D eigenvalue weighted by atomic mass is 35.5. The van der Waals surface area contributed by atoms with Gasteiger partial charge in [-0.3, -0.25) is 9.91 Å². The normalized spacial score (nSPS) is 28.2. The van der Waals surface area contributed by atoms with E-state index in [2.05, 4.69) is 25.3 Å². The molecule has 3 aliphatic rings. The van der Waals surface area contributed by atoms with Crippen molar-refractivity contribution in [3.8, 4) is 6.01 Å². The van der Waals surface area contributed by atoms with E-state index in [0.717, 1.165) is 19.4 Å². The minimum atomic E-state index is -2.86. The summed E-state index contributed by atoms with van der Waals surface area (Å²) in [7, 11) is 0. The van der Waals surface area contributed by atoms with Gasteiger partial charge in [-0.05, 0) is 25.8 Å². The Hall–Kier alpha value is -1.98. The molecule has 0 saturated carbocycles. The largest absolute Gasteiger partial charge is 0.461 e. The molecule has 0 aliphatic carbocycles. The first-order valence-electron chi connectivity index (χ1n) is 10.7. The van der Waals surface area contributed by atoms with Crippen LogP contribution in [0.3, 0.4) is 0 Å². The van der Waals surface area contributed by atoms with Crippen molar-refractivity contribution < 1.29 is 22.3 Å². The van der Waals surface area contributed by atoms with Gasteiger partial charge in [0.2, 0.25) is 0 Å². The fraction of sp³-hybridized carbons (Fsp3) is 0.650. The van der Waals surface area contributed by atoms with E-state index < -0.39 is 30.0 Å². The van der Waals surface area contributed by atoms with Crippen LogP contribution in [0.2, 0.25) is 5.15 Å². The van der Waals surface area contributed by atoms with Crippen LogP contribution in [-0.2, 0) is 0 Å². The lowest BCUT2D eigenvalue weighted by Gasteiger charge is -2.31. The SMILES string of the molecule is Fc1c(Cl)ncc2c(N3CCCC(F)(F)CN3)nc(OC[C@@]34CCCN3C[C@H](F)C4)nc12. The van der Waals surface area contributed by atoms with Crippen molar-refractivity contribution in [1.82, 2.24) is 25.3 Å². The Balaban J connectivity index is 1.49. The van der Waals surface area contributed by atoms with Crippen LogP contribution in [0.4, 0.5) is 23.4 Å². The number of pyridine rings is 1. The maximum Gasteiger partial charge on any atom is 0.319 e. The van der Waals surface area contributed by atoms with E-state index >= 15 is 0 Å². The molecule has 0 spiro atoms. The second-order valence-corrected chi connectivity index (χ2v) is 9.12. The molecule has 7 nitrogen and oxygen atoms in total. The molecule has 0 bridgehead atoms. The highest BCUT2D eigenvalue weighted by Gasteiger charge is 2.49. The summed E-state index contributed by atoms with van der Waals surface area (Å²) in [6.07, 6.45) is 2.43. The molecule has 2 atom stereocenters. The van der Waals surface area contributed by atoms with Gasteiger partial charge < -0.3 is 4.74 Å². The highest BCUT2D eigenvalue weighted by molar-refractivity contribution is 6.30. The van der Waals surface area contributed by atoms with E-state index in [4.69, 9.17) is 16.3 Å². The Kier molecular flexibility index (Phi) is 5.53. The number of halogens is 5. The predicted molar refractivity (Wildman–Crippen MR) is 110 cm³/mol. The Morgan fingerprint density at radius 2 is 2.03 bits per heavy atom. The summed E-state index contributed by atoms with van der Waals surface area (Å²) in [5.74, 6) is -3.52. The Morgan fingerprint density at radius 1 is 1.22 bits per heavy atom. The standard InChI is InChI=1S/C20H23ClF4N6O/c21-16-14(23)15-13(8-26-16)17(31-6-2-4-20(24,25)10-27-31)29-18(28-15)32-11-19-3-1-5-30(19)9-12(22)7-19/h8,12,27H,1-7,9-11H2/t12-,19+/m1/s1.